The van der Waals surface area contributed by atoms with Gasteiger partial charge >= 0.3 is 0 Å². The number of hydrogen-bond acceptors (Lipinski definition) is 5. The number of nitrogens with one attached hydrogen (secondary N) is 1. The van der Waals surface area contributed by atoms with Crippen LogP contribution in [0.5, 0.6) is 0 Å². The average molecular weight is 403 g/mol. The topological polar surface area (TPSA) is 86.4 Å². The Hall–Kier alpha value is -2.19. The third-order valence-electron chi connectivity index (χ3n) is 5.58. The normalized spacial score (nSPS) is 17.7. The van der Waals surface area contributed by atoms with Crippen LogP contribution in [0.4, 0.5) is 5.95 Å². The van der Waals surface area contributed by atoms with E-state index in [1.54, 1.807) is 0 Å². The van der Waals surface area contributed by atoms with Crippen LogP contribution in [-0.4, -0.2) is 48.1 Å². The fourth-order valence-corrected chi connectivity index (χ4v) is 5.58. The Kier molecular flexibility index (Phi) is 5.25. The van der Waals surface area contributed by atoms with Gasteiger partial charge in [-0.05, 0) is 30.4 Å². The minimum absolute atomic E-state index is 0.144. The van der Waals surface area contributed by atoms with Crippen molar-refractivity contribution in [2.75, 3.05) is 30.3 Å². The Balaban J connectivity index is 1.58. The van der Waals surface area contributed by atoms with E-state index in [1.165, 1.54) is 15.4 Å². The molecule has 2 aliphatic heterocycles. The van der Waals surface area contributed by atoms with Gasteiger partial charge in [0.1, 0.15) is 0 Å². The minimum Gasteiger partial charge on any atom is -0.338 e. The van der Waals surface area contributed by atoms with Crippen LogP contribution in [0.3, 0.4) is 0 Å². The molecule has 0 amide bonds. The number of sulfonamides is 1. The van der Waals surface area contributed by atoms with Gasteiger partial charge in [0, 0.05) is 38.2 Å². The zero-order valence-corrected chi connectivity index (χ0v) is 17.0. The summed E-state index contributed by atoms with van der Waals surface area (Å²) in [4.78, 5) is 22.5. The number of fused-ring (bicyclic) bond motifs is 2. The average Bonchev–Trinajstić information content (AvgIpc) is 2.91. The second-order valence-corrected chi connectivity index (χ2v) is 9.56. The van der Waals surface area contributed by atoms with Crippen LogP contribution in [0.1, 0.15) is 35.7 Å². The van der Waals surface area contributed by atoms with Gasteiger partial charge in [-0.2, -0.15) is 0 Å². The molecule has 2 aromatic rings. The van der Waals surface area contributed by atoms with E-state index in [0.29, 0.717) is 43.9 Å². The van der Waals surface area contributed by atoms with Gasteiger partial charge in [0.15, 0.2) is 0 Å². The first-order chi connectivity index (χ1) is 13.5. The summed E-state index contributed by atoms with van der Waals surface area (Å²) in [6.07, 6.45) is 2.38. The molecule has 0 atom stereocenters. The first-order valence-corrected chi connectivity index (χ1v) is 11.5. The summed E-state index contributed by atoms with van der Waals surface area (Å²) in [6, 6.07) is 8.33. The highest BCUT2D eigenvalue weighted by atomic mass is 32.2. The van der Waals surface area contributed by atoms with E-state index in [-0.39, 0.29) is 11.3 Å². The summed E-state index contributed by atoms with van der Waals surface area (Å²) < 4.78 is 26.3. The lowest BCUT2D eigenvalue weighted by Crippen LogP contribution is -2.35. The number of anilines is 1. The van der Waals surface area contributed by atoms with E-state index in [4.69, 9.17) is 4.98 Å². The first-order valence-electron chi connectivity index (χ1n) is 9.89. The molecule has 3 heterocycles. The van der Waals surface area contributed by atoms with E-state index in [2.05, 4.69) is 28.1 Å². The summed E-state index contributed by atoms with van der Waals surface area (Å²) >= 11 is 0. The van der Waals surface area contributed by atoms with Crippen LogP contribution in [0.25, 0.3) is 0 Å². The quantitative estimate of drug-likeness (QED) is 0.837. The highest BCUT2D eigenvalue weighted by Crippen LogP contribution is 2.23. The van der Waals surface area contributed by atoms with Gasteiger partial charge in [0.05, 0.1) is 11.4 Å². The Morgan fingerprint density at radius 3 is 2.61 bits per heavy atom. The first kappa shape index (κ1) is 19.1. The molecule has 0 saturated heterocycles. The van der Waals surface area contributed by atoms with Crippen molar-refractivity contribution in [1.82, 2.24) is 14.3 Å². The smallest absolute Gasteiger partial charge is 0.255 e. The molecule has 2 aliphatic rings. The minimum atomic E-state index is -3.27. The van der Waals surface area contributed by atoms with Gasteiger partial charge in [-0.15, -0.1) is 0 Å². The van der Waals surface area contributed by atoms with Crippen molar-refractivity contribution >= 4 is 16.0 Å². The number of benzene rings is 1. The van der Waals surface area contributed by atoms with Crippen molar-refractivity contribution in [2.45, 2.75) is 39.2 Å². The number of nitrogens with zero attached hydrogens (tertiary/aromatic N) is 3. The standard InChI is InChI=1S/C20H26N4O3S/c1-2-13-28(26,27)24-11-8-17-18(9-12-24)21-20(22-19(17)25)23-10-7-15-5-3-4-6-16(15)14-23/h3-6H,2,7-14H2,1H3,(H,21,22,25). The van der Waals surface area contributed by atoms with Gasteiger partial charge in [-0.25, -0.2) is 17.7 Å². The third-order valence-corrected chi connectivity index (χ3v) is 7.66. The molecule has 1 N–H and O–H groups in total. The molecule has 0 spiro atoms. The lowest BCUT2D eigenvalue weighted by atomic mass is 10.0. The SMILES string of the molecule is CCCS(=O)(=O)N1CCc2nc(N3CCc4ccccc4C3)[nH]c(=O)c2CC1. The van der Waals surface area contributed by atoms with Crippen LogP contribution in [0.2, 0.25) is 0 Å². The van der Waals surface area contributed by atoms with Crippen LogP contribution < -0.4 is 10.5 Å². The lowest BCUT2D eigenvalue weighted by molar-refractivity contribution is 0.425. The maximum absolute atomic E-state index is 12.7. The summed E-state index contributed by atoms with van der Waals surface area (Å²) in [6.45, 7) is 4.11. The summed E-state index contributed by atoms with van der Waals surface area (Å²) in [7, 11) is -3.27. The molecule has 1 aromatic carbocycles. The molecule has 1 aromatic heterocycles. The van der Waals surface area contributed by atoms with Crippen molar-refractivity contribution in [1.29, 1.82) is 0 Å². The number of aromatic amines is 1. The maximum atomic E-state index is 12.7. The molecule has 8 heteroatoms. The van der Waals surface area contributed by atoms with Gasteiger partial charge in [0.25, 0.3) is 5.56 Å². The molecule has 0 bridgehead atoms. The second-order valence-electron chi connectivity index (χ2n) is 7.47. The van der Waals surface area contributed by atoms with E-state index >= 15 is 0 Å². The largest absolute Gasteiger partial charge is 0.338 e. The monoisotopic (exact) mass is 402 g/mol. The highest BCUT2D eigenvalue weighted by molar-refractivity contribution is 7.89. The highest BCUT2D eigenvalue weighted by Gasteiger charge is 2.27. The third kappa shape index (κ3) is 3.71. The van der Waals surface area contributed by atoms with E-state index in [0.717, 1.165) is 25.2 Å². The zero-order chi connectivity index (χ0) is 19.7. The number of rotatable bonds is 4. The fraction of sp³-hybridized carbons (Fsp3) is 0.500. The fourth-order valence-electron chi connectivity index (χ4n) is 4.07. The molecule has 0 unspecified atom stereocenters. The van der Waals surface area contributed by atoms with Gasteiger partial charge in [-0.3, -0.25) is 9.78 Å². The van der Waals surface area contributed by atoms with Crippen LogP contribution >= 0.6 is 0 Å². The Morgan fingerprint density at radius 1 is 1.07 bits per heavy atom. The summed E-state index contributed by atoms with van der Waals surface area (Å²) in [5.41, 5.74) is 3.80. The van der Waals surface area contributed by atoms with Gasteiger partial charge in [-0.1, -0.05) is 31.2 Å². The predicted octanol–water partition coefficient (Wildman–Crippen LogP) is 1.47. The molecule has 4 rings (SSSR count). The summed E-state index contributed by atoms with van der Waals surface area (Å²) in [5.74, 6) is 0.731. The molecule has 28 heavy (non-hydrogen) atoms. The molecule has 0 radical (unpaired) electrons. The van der Waals surface area contributed by atoms with Crippen LogP contribution in [0, 0.1) is 0 Å². The van der Waals surface area contributed by atoms with Crippen molar-refractivity contribution in [2.24, 2.45) is 0 Å². The summed E-state index contributed by atoms with van der Waals surface area (Å²) in [5, 5.41) is 0. The van der Waals surface area contributed by atoms with Crippen molar-refractivity contribution in [3.05, 3.63) is 57.0 Å². The number of aromatic nitrogens is 2. The zero-order valence-electron chi connectivity index (χ0n) is 16.1. The molecule has 0 aliphatic carbocycles. The molecule has 0 fully saturated rings. The van der Waals surface area contributed by atoms with Crippen LogP contribution in [0.15, 0.2) is 29.1 Å². The van der Waals surface area contributed by atoms with Gasteiger partial charge in [0.2, 0.25) is 16.0 Å². The van der Waals surface area contributed by atoms with E-state index in [9.17, 15) is 13.2 Å². The number of H-pyrrole nitrogens is 1. The Bertz CT molecular complexity index is 1030. The Labute approximate surface area is 165 Å². The van der Waals surface area contributed by atoms with Crippen molar-refractivity contribution in [3.63, 3.8) is 0 Å². The maximum Gasteiger partial charge on any atom is 0.255 e. The molecule has 0 saturated carbocycles. The number of hydrogen-bond donors (Lipinski definition) is 1. The molecular weight excluding hydrogens is 376 g/mol. The predicted molar refractivity (Wildman–Crippen MR) is 109 cm³/mol. The van der Waals surface area contributed by atoms with Gasteiger partial charge < -0.3 is 4.90 Å². The Morgan fingerprint density at radius 2 is 1.82 bits per heavy atom. The van der Waals surface area contributed by atoms with E-state index in [1.807, 2.05) is 13.0 Å². The van der Waals surface area contributed by atoms with Crippen molar-refractivity contribution < 1.29 is 8.42 Å². The van der Waals surface area contributed by atoms with Crippen LogP contribution in [-0.2, 0) is 35.8 Å². The lowest BCUT2D eigenvalue weighted by Gasteiger charge is -2.29. The molecule has 7 nitrogen and oxygen atoms in total. The molecule has 150 valence electrons. The van der Waals surface area contributed by atoms with Crippen molar-refractivity contribution in [3.8, 4) is 0 Å². The second kappa shape index (κ2) is 7.67. The van der Waals surface area contributed by atoms with E-state index < -0.39 is 10.0 Å². The molecular formula is C20H26N4O3S.